The van der Waals surface area contributed by atoms with Crippen LogP contribution in [0.4, 0.5) is 0 Å². The molecule has 0 N–H and O–H groups in total. The first-order chi connectivity index (χ1) is 29.0. The van der Waals surface area contributed by atoms with E-state index in [4.69, 9.17) is 0 Å². The van der Waals surface area contributed by atoms with Crippen LogP contribution in [0.15, 0.2) is 206 Å². The molecule has 1 aliphatic carbocycles. The third-order valence-corrected chi connectivity index (χ3v) is 13.2. The highest BCUT2D eigenvalue weighted by Gasteiger charge is 2.38. The van der Waals surface area contributed by atoms with Crippen molar-refractivity contribution in [3.8, 4) is 55.6 Å². The summed E-state index contributed by atoms with van der Waals surface area (Å²) in [6.07, 6.45) is 0. The largest absolute Gasteiger partial charge is 0.0616 e. The van der Waals surface area contributed by atoms with Gasteiger partial charge in [-0.2, -0.15) is 0 Å². The third kappa shape index (κ3) is 5.03. The molecule has 0 saturated carbocycles. The first-order valence-corrected chi connectivity index (χ1v) is 20.8. The molecule has 0 heterocycles. The Bertz CT molecular complexity index is 3450. The van der Waals surface area contributed by atoms with Crippen LogP contribution in [0.3, 0.4) is 0 Å². The van der Waals surface area contributed by atoms with Crippen LogP contribution >= 0.6 is 0 Å². The van der Waals surface area contributed by atoms with E-state index in [-0.39, 0.29) is 5.41 Å². The molecule has 0 atom stereocenters. The molecule has 0 aromatic heterocycles. The average Bonchev–Trinajstić information content (AvgIpc) is 3.54. The standard InChI is InChI=1S/C59H40/c1-59(2)54-34-33-40(36-53(54)57-47-22-7-5-20-45(47)46-21-6-12-27-52(46)58(57)59)37-29-31-39(32-30-37)55-48-23-8-10-25-50(48)56(51-26-11-9-24-49(51)55)42-18-13-17-41(35-42)44-28-14-16-38-15-3-4-19-43(38)44/h3-36H,1-2H3. The Balaban J connectivity index is 0.994. The summed E-state index contributed by atoms with van der Waals surface area (Å²) in [4.78, 5) is 0. The van der Waals surface area contributed by atoms with Crippen LogP contribution < -0.4 is 0 Å². The summed E-state index contributed by atoms with van der Waals surface area (Å²) in [6.45, 7) is 4.80. The molecule has 0 spiro atoms. The van der Waals surface area contributed by atoms with Crippen LogP contribution in [0.5, 0.6) is 0 Å². The van der Waals surface area contributed by atoms with E-state index in [1.54, 1.807) is 0 Å². The van der Waals surface area contributed by atoms with Crippen LogP contribution in [0, 0.1) is 0 Å². The summed E-state index contributed by atoms with van der Waals surface area (Å²) < 4.78 is 0. The molecule has 0 saturated heterocycles. The van der Waals surface area contributed by atoms with Gasteiger partial charge in [-0.25, -0.2) is 0 Å². The van der Waals surface area contributed by atoms with Crippen molar-refractivity contribution in [3.63, 3.8) is 0 Å². The first kappa shape index (κ1) is 33.8. The minimum atomic E-state index is -0.109. The Labute approximate surface area is 344 Å². The molecule has 0 amide bonds. The molecular formula is C59H40. The second kappa shape index (κ2) is 12.9. The molecule has 0 fully saturated rings. The number of benzene rings is 11. The van der Waals surface area contributed by atoms with E-state index in [2.05, 4.69) is 220 Å². The lowest BCUT2D eigenvalue weighted by Gasteiger charge is -2.24. The molecular weight excluding hydrogens is 709 g/mol. The van der Waals surface area contributed by atoms with E-state index in [9.17, 15) is 0 Å². The lowest BCUT2D eigenvalue weighted by molar-refractivity contribution is 0.666. The summed E-state index contributed by atoms with van der Waals surface area (Å²) in [5, 5.41) is 12.9. The summed E-state index contributed by atoms with van der Waals surface area (Å²) in [5.74, 6) is 0. The fourth-order valence-corrected chi connectivity index (χ4v) is 10.6. The molecule has 0 nitrogen and oxygen atoms in total. The molecule has 1 aliphatic rings. The van der Waals surface area contributed by atoms with Crippen LogP contribution in [0.25, 0.3) is 109 Å². The fourth-order valence-electron chi connectivity index (χ4n) is 10.6. The van der Waals surface area contributed by atoms with Crippen molar-refractivity contribution >= 4 is 53.9 Å². The zero-order valence-electron chi connectivity index (χ0n) is 33.1. The molecule has 0 radical (unpaired) electrons. The maximum Gasteiger partial charge on any atom is 0.0165 e. The highest BCUT2D eigenvalue weighted by atomic mass is 14.4. The van der Waals surface area contributed by atoms with Gasteiger partial charge in [0.25, 0.3) is 0 Å². The summed E-state index contributed by atoms with van der Waals surface area (Å²) in [6, 6.07) is 76.7. The molecule has 0 unspecified atom stereocenters. The van der Waals surface area contributed by atoms with E-state index in [0.717, 1.165) is 0 Å². The lowest BCUT2D eigenvalue weighted by Crippen LogP contribution is -2.15. The smallest absolute Gasteiger partial charge is 0.0165 e. The van der Waals surface area contributed by atoms with Crippen molar-refractivity contribution in [3.05, 3.63) is 217 Å². The molecule has 11 aromatic rings. The van der Waals surface area contributed by atoms with Crippen molar-refractivity contribution in [1.82, 2.24) is 0 Å². The number of rotatable bonds is 4. The molecule has 59 heavy (non-hydrogen) atoms. The first-order valence-electron chi connectivity index (χ1n) is 20.8. The maximum atomic E-state index is 2.45. The molecule has 0 heteroatoms. The summed E-state index contributed by atoms with van der Waals surface area (Å²) in [5.41, 5.74) is 15.4. The Kier molecular flexibility index (Phi) is 7.38. The van der Waals surface area contributed by atoms with E-state index >= 15 is 0 Å². The molecule has 12 rings (SSSR count). The van der Waals surface area contributed by atoms with Gasteiger partial charge in [0.2, 0.25) is 0 Å². The number of hydrogen-bond acceptors (Lipinski definition) is 0. The van der Waals surface area contributed by atoms with Gasteiger partial charge in [0.05, 0.1) is 0 Å². The fraction of sp³-hybridized carbons (Fsp3) is 0.0508. The Morgan fingerprint density at radius 1 is 0.271 bits per heavy atom. The van der Waals surface area contributed by atoms with Crippen molar-refractivity contribution in [2.24, 2.45) is 0 Å². The van der Waals surface area contributed by atoms with Crippen LogP contribution in [-0.4, -0.2) is 0 Å². The topological polar surface area (TPSA) is 0 Å². The predicted molar refractivity (Wildman–Crippen MR) is 253 cm³/mol. The van der Waals surface area contributed by atoms with Gasteiger partial charge in [-0.15, -0.1) is 0 Å². The highest BCUT2D eigenvalue weighted by Crippen LogP contribution is 2.55. The molecule has 276 valence electrons. The van der Waals surface area contributed by atoms with Gasteiger partial charge in [0, 0.05) is 5.41 Å². The van der Waals surface area contributed by atoms with Gasteiger partial charge in [-0.3, -0.25) is 0 Å². The monoisotopic (exact) mass is 748 g/mol. The predicted octanol–water partition coefficient (Wildman–Crippen LogP) is 16.4. The third-order valence-electron chi connectivity index (χ3n) is 13.2. The highest BCUT2D eigenvalue weighted by molar-refractivity contribution is 6.22. The Morgan fingerprint density at radius 2 is 0.729 bits per heavy atom. The van der Waals surface area contributed by atoms with Crippen molar-refractivity contribution in [2.45, 2.75) is 19.3 Å². The maximum absolute atomic E-state index is 2.45. The average molecular weight is 749 g/mol. The van der Waals surface area contributed by atoms with Gasteiger partial charge < -0.3 is 0 Å². The number of hydrogen-bond donors (Lipinski definition) is 0. The Hall–Kier alpha value is -7.28. The molecule has 0 aliphatic heterocycles. The zero-order valence-corrected chi connectivity index (χ0v) is 33.1. The van der Waals surface area contributed by atoms with Crippen molar-refractivity contribution in [2.75, 3.05) is 0 Å². The van der Waals surface area contributed by atoms with Gasteiger partial charge in [-0.05, 0) is 133 Å². The van der Waals surface area contributed by atoms with E-state index < -0.39 is 0 Å². The van der Waals surface area contributed by atoms with E-state index in [0.29, 0.717) is 0 Å². The van der Waals surface area contributed by atoms with Gasteiger partial charge >= 0.3 is 0 Å². The van der Waals surface area contributed by atoms with Gasteiger partial charge in [0.1, 0.15) is 0 Å². The van der Waals surface area contributed by atoms with Crippen LogP contribution in [0.1, 0.15) is 25.0 Å². The minimum Gasteiger partial charge on any atom is -0.0616 e. The molecule has 0 bridgehead atoms. The quantitative estimate of drug-likeness (QED) is 0.124. The summed E-state index contributed by atoms with van der Waals surface area (Å²) in [7, 11) is 0. The lowest BCUT2D eigenvalue weighted by atomic mass is 9.79. The molecule has 11 aromatic carbocycles. The SMILES string of the molecule is CC1(C)c2ccc(-c3ccc(-c4c5ccccc5c(-c5cccc(-c6cccc7ccccc67)c5)c5ccccc45)cc3)cc2-c2c1c1ccccc1c1ccccc21. The summed E-state index contributed by atoms with van der Waals surface area (Å²) >= 11 is 0. The van der Waals surface area contributed by atoms with E-state index in [1.807, 2.05) is 0 Å². The second-order valence-corrected chi connectivity index (χ2v) is 16.8. The second-order valence-electron chi connectivity index (χ2n) is 16.8. The van der Waals surface area contributed by atoms with E-state index in [1.165, 1.54) is 121 Å². The Morgan fingerprint density at radius 3 is 1.39 bits per heavy atom. The van der Waals surface area contributed by atoms with Gasteiger partial charge in [-0.1, -0.05) is 208 Å². The van der Waals surface area contributed by atoms with Crippen molar-refractivity contribution in [1.29, 1.82) is 0 Å². The van der Waals surface area contributed by atoms with Crippen LogP contribution in [-0.2, 0) is 5.41 Å². The zero-order chi connectivity index (χ0) is 39.2. The van der Waals surface area contributed by atoms with Crippen LogP contribution in [0.2, 0.25) is 0 Å². The van der Waals surface area contributed by atoms with Crippen molar-refractivity contribution < 1.29 is 0 Å². The normalized spacial score (nSPS) is 13.1. The number of fused-ring (bicyclic) bond motifs is 11. The van der Waals surface area contributed by atoms with Gasteiger partial charge in [0.15, 0.2) is 0 Å². The minimum absolute atomic E-state index is 0.109.